The van der Waals surface area contributed by atoms with Gasteiger partial charge in [0.25, 0.3) is 0 Å². The van der Waals surface area contributed by atoms with Gasteiger partial charge >= 0.3 is 0 Å². The number of rotatable bonds is 8. The van der Waals surface area contributed by atoms with E-state index in [1.54, 1.807) is 6.08 Å². The van der Waals surface area contributed by atoms with Crippen molar-refractivity contribution in [3.8, 4) is 44.5 Å². The van der Waals surface area contributed by atoms with Gasteiger partial charge in [-0.1, -0.05) is 171 Å². The Labute approximate surface area is 326 Å². The van der Waals surface area contributed by atoms with E-state index in [9.17, 15) is 0 Å². The van der Waals surface area contributed by atoms with Crippen molar-refractivity contribution in [2.75, 3.05) is 0 Å². The van der Waals surface area contributed by atoms with Gasteiger partial charge in [-0.15, -0.1) is 0 Å². The van der Waals surface area contributed by atoms with Gasteiger partial charge in [0.05, 0.1) is 28.3 Å². The Morgan fingerprint density at radius 3 is 1.43 bits per heavy atom. The van der Waals surface area contributed by atoms with Crippen molar-refractivity contribution in [1.82, 2.24) is 19.9 Å². The van der Waals surface area contributed by atoms with Gasteiger partial charge in [-0.05, 0) is 58.7 Å². The maximum atomic E-state index is 5.59. The number of benzene rings is 4. The van der Waals surface area contributed by atoms with Crippen LogP contribution >= 0.6 is 0 Å². The molecule has 266 valence electrons. The molecule has 2 aliphatic rings. The Morgan fingerprint density at radius 2 is 0.911 bits per heavy atom. The van der Waals surface area contributed by atoms with Crippen molar-refractivity contribution in [2.45, 2.75) is 0 Å². The highest BCUT2D eigenvalue weighted by atomic mass is 14.8. The molecule has 5 heterocycles. The Hall–Kier alpha value is -7.56. The van der Waals surface area contributed by atoms with E-state index >= 15 is 0 Å². The third-order valence-electron chi connectivity index (χ3n) is 10.1. The van der Waals surface area contributed by atoms with Crippen LogP contribution < -0.4 is 0 Å². The van der Waals surface area contributed by atoms with Crippen molar-refractivity contribution < 1.29 is 0 Å². The van der Waals surface area contributed by atoms with Crippen molar-refractivity contribution in [2.24, 2.45) is 0 Å². The molecule has 0 fully saturated rings. The molecule has 4 heteroatoms. The molecule has 2 aliphatic heterocycles. The largest absolute Gasteiger partial charge is 0.354 e. The molecular formula is C52H38N4. The summed E-state index contributed by atoms with van der Waals surface area (Å²) in [6.45, 7) is 8.02. The van der Waals surface area contributed by atoms with Crippen LogP contribution in [0.1, 0.15) is 28.3 Å². The molecule has 0 unspecified atom stereocenters. The van der Waals surface area contributed by atoms with Crippen LogP contribution in [0.2, 0.25) is 0 Å². The normalized spacial score (nSPS) is 12.3. The summed E-state index contributed by atoms with van der Waals surface area (Å²) in [5.41, 5.74) is 17.4. The van der Waals surface area contributed by atoms with E-state index in [1.807, 2.05) is 42.5 Å². The van der Waals surface area contributed by atoms with E-state index in [0.717, 1.165) is 100 Å². The SMILES string of the molecule is C=C/C=C/C1=Cc2nc1c(-c1ccccc1)c1[nH]c(cc1/C=C/C=C)c(-c1ccccc1)c1nc(c(-c3ccccc3)c3ccc([nH]3)c2-c2ccccc2)C=C1. The highest BCUT2D eigenvalue weighted by Crippen LogP contribution is 2.41. The van der Waals surface area contributed by atoms with Crippen molar-refractivity contribution in [3.63, 3.8) is 0 Å². The summed E-state index contributed by atoms with van der Waals surface area (Å²) in [4.78, 5) is 18.8. The minimum absolute atomic E-state index is 0.852. The van der Waals surface area contributed by atoms with E-state index < -0.39 is 0 Å². The molecule has 0 spiro atoms. The number of hydrogen-bond donors (Lipinski definition) is 2. The number of fused-ring (bicyclic) bond motifs is 8. The van der Waals surface area contributed by atoms with E-state index in [1.165, 1.54) is 0 Å². The van der Waals surface area contributed by atoms with E-state index in [-0.39, 0.29) is 0 Å². The first kappa shape index (κ1) is 34.2. The fourth-order valence-electron chi connectivity index (χ4n) is 7.65. The lowest BCUT2D eigenvalue weighted by Crippen LogP contribution is -1.91. The lowest BCUT2D eigenvalue weighted by atomic mass is 9.97. The quantitative estimate of drug-likeness (QED) is 0.154. The van der Waals surface area contributed by atoms with E-state index in [0.29, 0.717) is 0 Å². The summed E-state index contributed by atoms with van der Waals surface area (Å²) < 4.78 is 0. The van der Waals surface area contributed by atoms with Crippen LogP contribution in [0.4, 0.5) is 0 Å². The molecule has 0 amide bonds. The van der Waals surface area contributed by atoms with Crippen LogP contribution in [0.3, 0.4) is 0 Å². The second-order valence-electron chi connectivity index (χ2n) is 13.6. The molecule has 0 atom stereocenters. The summed E-state index contributed by atoms with van der Waals surface area (Å²) in [7, 11) is 0. The summed E-state index contributed by atoms with van der Waals surface area (Å²) in [6.07, 6.45) is 18.2. The van der Waals surface area contributed by atoms with Gasteiger partial charge in [0, 0.05) is 49.9 Å². The Bertz CT molecular complexity index is 2900. The number of aromatic amines is 2. The minimum Gasteiger partial charge on any atom is -0.354 e. The molecule has 7 aromatic rings. The molecule has 3 aromatic heterocycles. The average molecular weight is 719 g/mol. The van der Waals surface area contributed by atoms with Gasteiger partial charge in [0.15, 0.2) is 0 Å². The van der Waals surface area contributed by atoms with Crippen molar-refractivity contribution in [3.05, 3.63) is 211 Å². The standard InChI is InChI=1S/C52H38N4/c1-3-5-19-39-33-45-48(36-23-13-8-14-24-36)43-31-29-41(53-43)47(35-21-11-7-12-22-35)42-30-32-44(54-42)49(37-25-15-9-16-26-37)46-34-40(20-6-4-2)52(56-46)50(51(39)55-45)38-27-17-10-18-28-38/h3-34,53,56H,1-2H2/b19-5+,20-6+,47-41?,47-42?,48-43?,48-45?,49-44?,49-46?,51-50?,52-50?. The molecular weight excluding hydrogens is 681 g/mol. The van der Waals surface area contributed by atoms with Gasteiger partial charge in [-0.3, -0.25) is 0 Å². The highest BCUT2D eigenvalue weighted by molar-refractivity contribution is 6.05. The fourth-order valence-corrected chi connectivity index (χ4v) is 7.65. The monoisotopic (exact) mass is 718 g/mol. The molecule has 4 aromatic carbocycles. The highest BCUT2D eigenvalue weighted by Gasteiger charge is 2.22. The smallest absolute Gasteiger partial charge is 0.0809 e. The fraction of sp³-hybridized carbons (Fsp3) is 0. The lowest BCUT2D eigenvalue weighted by Gasteiger charge is -2.08. The molecule has 2 N–H and O–H groups in total. The van der Waals surface area contributed by atoms with Crippen LogP contribution in [-0.2, 0) is 0 Å². The first-order valence-electron chi connectivity index (χ1n) is 18.7. The summed E-state index contributed by atoms with van der Waals surface area (Å²) in [5, 5.41) is 0. The predicted molar refractivity (Wildman–Crippen MR) is 238 cm³/mol. The number of H-pyrrole nitrogens is 2. The van der Waals surface area contributed by atoms with Crippen LogP contribution in [0.15, 0.2) is 183 Å². The van der Waals surface area contributed by atoms with Crippen LogP contribution in [0, 0.1) is 0 Å². The predicted octanol–water partition coefficient (Wildman–Crippen LogP) is 13.6. The van der Waals surface area contributed by atoms with Crippen LogP contribution in [0.25, 0.3) is 96.5 Å². The zero-order valence-corrected chi connectivity index (χ0v) is 30.8. The number of hydrogen-bond acceptors (Lipinski definition) is 2. The molecule has 0 saturated heterocycles. The zero-order chi connectivity index (χ0) is 37.8. The molecule has 9 rings (SSSR count). The Balaban J connectivity index is 1.56. The van der Waals surface area contributed by atoms with Crippen molar-refractivity contribution in [1.29, 1.82) is 0 Å². The zero-order valence-electron chi connectivity index (χ0n) is 30.8. The molecule has 4 nitrogen and oxygen atoms in total. The van der Waals surface area contributed by atoms with Gasteiger partial charge in [0.1, 0.15) is 0 Å². The number of nitrogens with one attached hydrogen (secondary N) is 2. The molecule has 56 heavy (non-hydrogen) atoms. The lowest BCUT2D eigenvalue weighted by molar-refractivity contribution is 1.30. The third kappa shape index (κ3) is 6.40. The van der Waals surface area contributed by atoms with Gasteiger partial charge in [-0.25, -0.2) is 9.97 Å². The van der Waals surface area contributed by atoms with E-state index in [2.05, 4.69) is 169 Å². The second-order valence-corrected chi connectivity index (χ2v) is 13.6. The molecule has 0 saturated carbocycles. The molecule has 0 radical (unpaired) electrons. The topological polar surface area (TPSA) is 57.4 Å². The maximum Gasteiger partial charge on any atom is 0.0809 e. The van der Waals surface area contributed by atoms with Gasteiger partial charge in [0.2, 0.25) is 0 Å². The first-order chi connectivity index (χ1) is 27.7. The second kappa shape index (κ2) is 15.1. The third-order valence-corrected chi connectivity index (χ3v) is 10.1. The minimum atomic E-state index is 0.852. The number of aromatic nitrogens is 4. The van der Waals surface area contributed by atoms with Gasteiger partial charge in [-0.2, -0.15) is 0 Å². The summed E-state index contributed by atoms with van der Waals surface area (Å²) >= 11 is 0. The van der Waals surface area contributed by atoms with Gasteiger partial charge < -0.3 is 9.97 Å². The Kier molecular flexibility index (Phi) is 9.20. The van der Waals surface area contributed by atoms with Crippen LogP contribution in [0.5, 0.6) is 0 Å². The number of allylic oxidation sites excluding steroid dienone is 6. The summed E-state index contributed by atoms with van der Waals surface area (Å²) in [6, 6.07) is 48.5. The molecule has 8 bridgehead atoms. The molecule has 0 aliphatic carbocycles. The maximum absolute atomic E-state index is 5.59. The average Bonchev–Trinajstić information content (AvgIpc) is 4.08. The van der Waals surface area contributed by atoms with Crippen molar-refractivity contribution >= 4 is 51.9 Å². The number of nitrogens with zero attached hydrogens (tertiary/aromatic N) is 2. The summed E-state index contributed by atoms with van der Waals surface area (Å²) in [5.74, 6) is 0. The first-order valence-corrected chi connectivity index (χ1v) is 18.7. The van der Waals surface area contributed by atoms with Crippen LogP contribution in [-0.4, -0.2) is 19.9 Å². The van der Waals surface area contributed by atoms with E-state index in [4.69, 9.17) is 9.97 Å². The Morgan fingerprint density at radius 1 is 0.446 bits per heavy atom.